The van der Waals surface area contributed by atoms with Crippen molar-refractivity contribution in [3.63, 3.8) is 0 Å². The Morgan fingerprint density at radius 1 is 1.62 bits per heavy atom. The Morgan fingerprint density at radius 3 is 2.88 bits per heavy atom. The molecular formula is C11H17N3O2. The van der Waals surface area contributed by atoms with Gasteiger partial charge in [-0.3, -0.25) is 0 Å². The molecule has 1 aromatic heterocycles. The van der Waals surface area contributed by atoms with Crippen LogP contribution in [0.4, 0.5) is 11.5 Å². The maximum atomic E-state index is 11.4. The van der Waals surface area contributed by atoms with E-state index in [-0.39, 0.29) is 0 Å². The first-order valence-corrected chi connectivity index (χ1v) is 5.15. The summed E-state index contributed by atoms with van der Waals surface area (Å²) in [5, 5.41) is 0. The van der Waals surface area contributed by atoms with E-state index in [9.17, 15) is 4.79 Å². The number of nitrogens with two attached hydrogens (primary N) is 1. The molecule has 0 aliphatic heterocycles. The van der Waals surface area contributed by atoms with Gasteiger partial charge in [-0.2, -0.15) is 0 Å². The van der Waals surface area contributed by atoms with E-state index < -0.39 is 5.97 Å². The monoisotopic (exact) mass is 223 g/mol. The number of ether oxygens (including phenoxy) is 1. The fourth-order valence-corrected chi connectivity index (χ4v) is 1.40. The maximum absolute atomic E-state index is 11.4. The van der Waals surface area contributed by atoms with Gasteiger partial charge in [-0.15, -0.1) is 0 Å². The van der Waals surface area contributed by atoms with Crippen LogP contribution in [0.3, 0.4) is 0 Å². The van der Waals surface area contributed by atoms with Crippen LogP contribution >= 0.6 is 0 Å². The zero-order chi connectivity index (χ0) is 12.1. The summed E-state index contributed by atoms with van der Waals surface area (Å²) in [6, 6.07) is 1.65. The molecule has 5 heteroatoms. The van der Waals surface area contributed by atoms with Crippen LogP contribution in [0.15, 0.2) is 12.3 Å². The van der Waals surface area contributed by atoms with Crippen LogP contribution in [-0.2, 0) is 4.74 Å². The summed E-state index contributed by atoms with van der Waals surface area (Å²) in [7, 11) is 3.25. The fraction of sp³-hybridized carbons (Fsp3) is 0.455. The van der Waals surface area contributed by atoms with E-state index in [1.165, 1.54) is 13.3 Å². The molecule has 1 rings (SSSR count). The van der Waals surface area contributed by atoms with Crippen molar-refractivity contribution in [3.8, 4) is 0 Å². The Hall–Kier alpha value is -1.78. The van der Waals surface area contributed by atoms with Gasteiger partial charge < -0.3 is 15.4 Å². The second-order valence-corrected chi connectivity index (χ2v) is 3.54. The topological polar surface area (TPSA) is 68.5 Å². The van der Waals surface area contributed by atoms with E-state index in [1.807, 2.05) is 11.9 Å². The van der Waals surface area contributed by atoms with Crippen LogP contribution in [0.1, 0.15) is 23.7 Å². The Kier molecular flexibility index (Phi) is 4.10. The Labute approximate surface area is 95.2 Å². The first kappa shape index (κ1) is 12.3. The number of rotatable bonds is 4. The highest BCUT2D eigenvalue weighted by atomic mass is 16.5. The molecule has 0 atom stereocenters. The molecule has 16 heavy (non-hydrogen) atoms. The fourth-order valence-electron chi connectivity index (χ4n) is 1.40. The third-order valence-electron chi connectivity index (χ3n) is 2.28. The molecule has 0 spiro atoms. The van der Waals surface area contributed by atoms with Crippen molar-refractivity contribution < 1.29 is 9.53 Å². The van der Waals surface area contributed by atoms with Crippen molar-refractivity contribution in [2.45, 2.75) is 13.3 Å². The molecule has 1 heterocycles. The third-order valence-corrected chi connectivity index (χ3v) is 2.28. The van der Waals surface area contributed by atoms with Gasteiger partial charge in [-0.1, -0.05) is 6.92 Å². The minimum Gasteiger partial charge on any atom is -0.465 e. The van der Waals surface area contributed by atoms with Crippen molar-refractivity contribution in [3.05, 3.63) is 17.8 Å². The molecule has 1 aromatic rings. The number of methoxy groups -OCH3 is 1. The highest BCUT2D eigenvalue weighted by Crippen LogP contribution is 2.18. The quantitative estimate of drug-likeness (QED) is 0.779. The second-order valence-electron chi connectivity index (χ2n) is 3.54. The van der Waals surface area contributed by atoms with E-state index in [2.05, 4.69) is 16.6 Å². The second kappa shape index (κ2) is 5.34. The predicted molar refractivity (Wildman–Crippen MR) is 63.5 cm³/mol. The van der Waals surface area contributed by atoms with Gasteiger partial charge in [0.05, 0.1) is 24.6 Å². The van der Waals surface area contributed by atoms with Gasteiger partial charge in [-0.05, 0) is 12.5 Å². The van der Waals surface area contributed by atoms with E-state index in [4.69, 9.17) is 5.73 Å². The summed E-state index contributed by atoms with van der Waals surface area (Å²) >= 11 is 0. The van der Waals surface area contributed by atoms with Gasteiger partial charge in [0.25, 0.3) is 0 Å². The number of esters is 1. The first-order valence-electron chi connectivity index (χ1n) is 5.15. The van der Waals surface area contributed by atoms with Crippen LogP contribution in [0.5, 0.6) is 0 Å². The lowest BCUT2D eigenvalue weighted by atomic mass is 10.2. The highest BCUT2D eigenvalue weighted by molar-refractivity contribution is 5.95. The molecule has 2 N–H and O–H groups in total. The normalized spacial score (nSPS) is 9.94. The lowest BCUT2D eigenvalue weighted by molar-refractivity contribution is 0.0602. The number of aromatic nitrogens is 1. The van der Waals surface area contributed by atoms with Crippen LogP contribution in [0, 0.1) is 0 Å². The summed E-state index contributed by atoms with van der Waals surface area (Å²) in [6.07, 6.45) is 2.49. The minimum absolute atomic E-state index is 0.334. The Balaban J connectivity index is 3.02. The average Bonchev–Trinajstić information content (AvgIpc) is 2.29. The summed E-state index contributed by atoms with van der Waals surface area (Å²) in [6.45, 7) is 2.95. The maximum Gasteiger partial charge on any atom is 0.340 e. The van der Waals surface area contributed by atoms with Gasteiger partial charge in [0, 0.05) is 13.6 Å². The van der Waals surface area contributed by atoms with Crippen molar-refractivity contribution >= 4 is 17.5 Å². The molecule has 0 bridgehead atoms. The smallest absolute Gasteiger partial charge is 0.340 e. The SMILES string of the molecule is CCCN(C)c1cc(C(=O)OC)c(N)cn1. The van der Waals surface area contributed by atoms with E-state index in [1.54, 1.807) is 6.07 Å². The van der Waals surface area contributed by atoms with Crippen molar-refractivity contribution in [2.75, 3.05) is 31.3 Å². The van der Waals surface area contributed by atoms with Crippen LogP contribution in [-0.4, -0.2) is 31.7 Å². The van der Waals surface area contributed by atoms with Gasteiger partial charge in [0.1, 0.15) is 5.82 Å². The number of carbonyl (C=O) groups is 1. The standard InChI is InChI=1S/C11H17N3O2/c1-4-5-14(2)10-6-8(11(15)16-3)9(12)7-13-10/h6-7H,4-5,12H2,1-3H3. The van der Waals surface area contributed by atoms with Crippen LogP contribution in [0.2, 0.25) is 0 Å². The highest BCUT2D eigenvalue weighted by Gasteiger charge is 2.12. The van der Waals surface area contributed by atoms with Gasteiger partial charge >= 0.3 is 5.97 Å². The molecule has 0 fully saturated rings. The van der Waals surface area contributed by atoms with Crippen molar-refractivity contribution in [2.24, 2.45) is 0 Å². The molecular weight excluding hydrogens is 206 g/mol. The molecule has 0 aliphatic rings. The number of hydrogen-bond acceptors (Lipinski definition) is 5. The lowest BCUT2D eigenvalue weighted by Crippen LogP contribution is -2.20. The van der Waals surface area contributed by atoms with Gasteiger partial charge in [0.2, 0.25) is 0 Å². The number of carbonyl (C=O) groups excluding carboxylic acids is 1. The summed E-state index contributed by atoms with van der Waals surface area (Å²) in [5.41, 5.74) is 6.35. The summed E-state index contributed by atoms with van der Waals surface area (Å²) < 4.78 is 4.65. The van der Waals surface area contributed by atoms with Gasteiger partial charge in [0.15, 0.2) is 0 Å². The van der Waals surface area contributed by atoms with Crippen LogP contribution < -0.4 is 10.6 Å². The molecule has 0 amide bonds. The molecule has 88 valence electrons. The van der Waals surface area contributed by atoms with Crippen LogP contribution in [0.25, 0.3) is 0 Å². The first-order chi connectivity index (χ1) is 7.60. The molecule has 0 saturated heterocycles. The van der Waals surface area contributed by atoms with E-state index in [0.29, 0.717) is 11.3 Å². The van der Waals surface area contributed by atoms with Gasteiger partial charge in [-0.25, -0.2) is 9.78 Å². The largest absolute Gasteiger partial charge is 0.465 e. The van der Waals surface area contributed by atoms with E-state index >= 15 is 0 Å². The van der Waals surface area contributed by atoms with Crippen molar-refractivity contribution in [1.82, 2.24) is 4.98 Å². The van der Waals surface area contributed by atoms with E-state index in [0.717, 1.165) is 18.8 Å². The average molecular weight is 223 g/mol. The van der Waals surface area contributed by atoms with Crippen molar-refractivity contribution in [1.29, 1.82) is 0 Å². The number of anilines is 2. The Bertz CT molecular complexity index is 379. The molecule has 0 aliphatic carbocycles. The molecule has 0 saturated carbocycles. The summed E-state index contributed by atoms with van der Waals surface area (Å²) in [4.78, 5) is 17.5. The molecule has 0 unspecified atom stereocenters. The predicted octanol–water partition coefficient (Wildman–Crippen LogP) is 1.30. The zero-order valence-corrected chi connectivity index (χ0v) is 9.86. The minimum atomic E-state index is -0.439. The number of nitrogen functional groups attached to an aromatic ring is 1. The molecule has 0 radical (unpaired) electrons. The molecule has 5 nitrogen and oxygen atoms in total. The third kappa shape index (κ3) is 2.62. The number of pyridine rings is 1. The number of nitrogens with zero attached hydrogens (tertiary/aromatic N) is 2. The number of hydrogen-bond donors (Lipinski definition) is 1. The molecule has 0 aromatic carbocycles. The summed E-state index contributed by atoms with van der Waals surface area (Å²) in [5.74, 6) is 0.280. The Morgan fingerprint density at radius 2 is 2.31 bits per heavy atom. The lowest BCUT2D eigenvalue weighted by Gasteiger charge is -2.17. The zero-order valence-electron chi connectivity index (χ0n) is 9.86.